The highest BCUT2D eigenvalue weighted by Gasteiger charge is 2.31. The van der Waals surface area contributed by atoms with Crippen molar-refractivity contribution < 1.29 is 23.0 Å². The Hall–Kier alpha value is -3.95. The fourth-order valence-corrected chi connectivity index (χ4v) is 3.82. The van der Waals surface area contributed by atoms with E-state index in [1.807, 2.05) is 0 Å². The number of hydrogen-bond acceptors (Lipinski definition) is 6. The highest BCUT2D eigenvalue weighted by Crippen LogP contribution is 2.38. The number of carbonyl (C=O) groups excluding carboxylic acids is 1. The van der Waals surface area contributed by atoms with Crippen LogP contribution < -0.4 is 15.2 Å². The summed E-state index contributed by atoms with van der Waals surface area (Å²) in [5, 5.41) is 0. The van der Waals surface area contributed by atoms with E-state index in [1.165, 1.54) is 12.1 Å². The van der Waals surface area contributed by atoms with Gasteiger partial charge in [0.1, 0.15) is 29.4 Å². The molecule has 3 heterocycles. The van der Waals surface area contributed by atoms with Crippen molar-refractivity contribution in [2.75, 3.05) is 19.4 Å². The van der Waals surface area contributed by atoms with Gasteiger partial charge in [-0.15, -0.1) is 0 Å². The van der Waals surface area contributed by atoms with E-state index in [0.29, 0.717) is 33.7 Å². The van der Waals surface area contributed by atoms with Crippen LogP contribution in [0.1, 0.15) is 22.0 Å². The molecule has 2 N–H and O–H groups in total. The molecule has 8 nitrogen and oxygen atoms in total. The number of carbonyl (C=O) groups is 1. The number of rotatable bonds is 4. The number of hydrogen-bond donors (Lipinski definition) is 1. The molecule has 0 fully saturated rings. The Kier molecular flexibility index (Phi) is 4.35. The standard InChI is InChI=1S/C21H17F2N5O3/c1-27(17-9-30-18-7-12(31-21(22)23)3-4-13(17)18)20(29)11-2-5-14-15(6-11)28-10-25-8-16(28)19(24)26-14/h2-8,10,17,21H,9H2,1H3,(H2,24,26). The highest BCUT2D eigenvalue weighted by atomic mass is 19.3. The normalized spacial score (nSPS) is 15.3. The Balaban J connectivity index is 1.46. The van der Waals surface area contributed by atoms with E-state index >= 15 is 0 Å². The second-order valence-corrected chi connectivity index (χ2v) is 7.17. The van der Waals surface area contributed by atoms with Gasteiger partial charge in [-0.25, -0.2) is 9.97 Å². The molecule has 2 aromatic heterocycles. The van der Waals surface area contributed by atoms with E-state index in [9.17, 15) is 13.6 Å². The third kappa shape index (κ3) is 3.16. The van der Waals surface area contributed by atoms with Crippen LogP contribution in [-0.4, -0.2) is 45.4 Å². The lowest BCUT2D eigenvalue weighted by atomic mass is 10.1. The molecule has 4 aromatic rings. The molecule has 1 aliphatic rings. The van der Waals surface area contributed by atoms with Crippen molar-refractivity contribution in [1.29, 1.82) is 0 Å². The number of halogens is 2. The maximum atomic E-state index is 13.2. The molecule has 0 bridgehead atoms. The third-order valence-electron chi connectivity index (χ3n) is 5.38. The molecular weight excluding hydrogens is 408 g/mol. The summed E-state index contributed by atoms with van der Waals surface area (Å²) in [5.74, 6) is 0.563. The van der Waals surface area contributed by atoms with Crippen molar-refractivity contribution >= 4 is 28.3 Å². The summed E-state index contributed by atoms with van der Waals surface area (Å²) in [4.78, 5) is 23.3. The van der Waals surface area contributed by atoms with Gasteiger partial charge in [0, 0.05) is 24.2 Å². The van der Waals surface area contributed by atoms with Crippen LogP contribution in [0.25, 0.3) is 16.6 Å². The van der Waals surface area contributed by atoms with E-state index in [0.717, 1.165) is 5.56 Å². The molecule has 10 heteroatoms. The van der Waals surface area contributed by atoms with Gasteiger partial charge in [0.05, 0.1) is 29.6 Å². The molecule has 0 saturated heterocycles. The van der Waals surface area contributed by atoms with Gasteiger partial charge in [-0.3, -0.25) is 9.20 Å². The van der Waals surface area contributed by atoms with Crippen molar-refractivity contribution in [3.05, 3.63) is 60.0 Å². The first-order chi connectivity index (χ1) is 14.9. The fourth-order valence-electron chi connectivity index (χ4n) is 3.82. The molecule has 0 saturated carbocycles. The Bertz CT molecular complexity index is 1320. The summed E-state index contributed by atoms with van der Waals surface area (Å²) in [7, 11) is 1.67. The van der Waals surface area contributed by atoms with Gasteiger partial charge in [-0.1, -0.05) is 0 Å². The van der Waals surface area contributed by atoms with Crippen LogP contribution in [0.2, 0.25) is 0 Å². The summed E-state index contributed by atoms with van der Waals surface area (Å²) < 4.78 is 36.7. The maximum Gasteiger partial charge on any atom is 0.387 e. The van der Waals surface area contributed by atoms with Crippen LogP contribution in [0.3, 0.4) is 0 Å². The van der Waals surface area contributed by atoms with Crippen LogP contribution in [0.15, 0.2) is 48.9 Å². The van der Waals surface area contributed by atoms with Gasteiger partial charge >= 0.3 is 6.61 Å². The first-order valence-corrected chi connectivity index (χ1v) is 9.42. The number of alkyl halides is 2. The van der Waals surface area contributed by atoms with E-state index < -0.39 is 6.61 Å². The molecule has 2 aromatic carbocycles. The minimum atomic E-state index is -2.92. The zero-order valence-electron chi connectivity index (χ0n) is 16.3. The minimum absolute atomic E-state index is 0.00836. The van der Waals surface area contributed by atoms with Gasteiger partial charge in [0.25, 0.3) is 5.91 Å². The number of likely N-dealkylation sites (N-methyl/N-ethyl adjacent to an activating group) is 1. The lowest BCUT2D eigenvalue weighted by Gasteiger charge is -2.24. The summed E-state index contributed by atoms with van der Waals surface area (Å²) in [6.07, 6.45) is 3.23. The van der Waals surface area contributed by atoms with E-state index in [4.69, 9.17) is 10.5 Å². The molecular formula is C21H17F2N5O3. The lowest BCUT2D eigenvalue weighted by Crippen LogP contribution is -2.32. The Labute approximate surface area is 174 Å². The Morgan fingerprint density at radius 1 is 1.29 bits per heavy atom. The first-order valence-electron chi connectivity index (χ1n) is 9.42. The van der Waals surface area contributed by atoms with Crippen molar-refractivity contribution in [3.63, 3.8) is 0 Å². The Morgan fingerprint density at radius 3 is 2.94 bits per heavy atom. The van der Waals surface area contributed by atoms with Crippen LogP contribution in [0, 0.1) is 0 Å². The van der Waals surface area contributed by atoms with E-state index in [1.54, 1.807) is 53.1 Å². The molecule has 1 aliphatic heterocycles. The predicted octanol–water partition coefficient (Wildman–Crippen LogP) is 3.27. The average Bonchev–Trinajstić information content (AvgIpc) is 3.40. The molecule has 1 unspecified atom stereocenters. The smallest absolute Gasteiger partial charge is 0.387 e. The highest BCUT2D eigenvalue weighted by molar-refractivity contribution is 5.98. The number of nitrogens with two attached hydrogens (primary N) is 1. The van der Waals surface area contributed by atoms with Gasteiger partial charge < -0.3 is 20.1 Å². The SMILES string of the molecule is CN(C(=O)c1ccc2nc(N)c3cncn3c2c1)C1COc2cc(OC(F)F)ccc21. The van der Waals surface area contributed by atoms with Crippen molar-refractivity contribution in [3.8, 4) is 11.5 Å². The number of anilines is 1. The number of aromatic nitrogens is 3. The van der Waals surface area contributed by atoms with Gasteiger partial charge in [0.15, 0.2) is 0 Å². The molecule has 5 rings (SSSR count). The Morgan fingerprint density at radius 2 is 2.13 bits per heavy atom. The third-order valence-corrected chi connectivity index (χ3v) is 5.38. The van der Waals surface area contributed by atoms with Crippen LogP contribution in [0.5, 0.6) is 11.5 Å². The fraction of sp³-hybridized carbons (Fsp3) is 0.190. The zero-order valence-corrected chi connectivity index (χ0v) is 16.3. The maximum absolute atomic E-state index is 13.2. The predicted molar refractivity (Wildman–Crippen MR) is 108 cm³/mol. The molecule has 31 heavy (non-hydrogen) atoms. The average molecular weight is 425 g/mol. The summed E-state index contributed by atoms with van der Waals surface area (Å²) >= 11 is 0. The molecule has 1 amide bonds. The topological polar surface area (TPSA) is 95.0 Å². The monoisotopic (exact) mass is 425 g/mol. The minimum Gasteiger partial charge on any atom is -0.491 e. The van der Waals surface area contributed by atoms with Crippen LogP contribution >= 0.6 is 0 Å². The van der Waals surface area contributed by atoms with E-state index in [-0.39, 0.29) is 24.3 Å². The van der Waals surface area contributed by atoms with Crippen LogP contribution in [-0.2, 0) is 0 Å². The summed E-state index contributed by atoms with van der Waals surface area (Å²) in [6, 6.07) is 9.28. The quantitative estimate of drug-likeness (QED) is 0.539. The number of ether oxygens (including phenoxy) is 2. The number of nitrogen functional groups attached to an aromatic ring is 1. The van der Waals surface area contributed by atoms with E-state index in [2.05, 4.69) is 14.7 Å². The lowest BCUT2D eigenvalue weighted by molar-refractivity contribution is -0.0499. The molecule has 1 atom stereocenters. The van der Waals surface area contributed by atoms with Crippen LogP contribution in [0.4, 0.5) is 14.6 Å². The number of benzene rings is 2. The number of fused-ring (bicyclic) bond motifs is 4. The second kappa shape index (κ2) is 7.08. The van der Waals surface area contributed by atoms with Gasteiger partial charge in [0.2, 0.25) is 0 Å². The number of nitrogens with zero attached hydrogens (tertiary/aromatic N) is 4. The van der Waals surface area contributed by atoms with Gasteiger partial charge in [-0.2, -0.15) is 8.78 Å². The number of amides is 1. The molecule has 0 aliphatic carbocycles. The van der Waals surface area contributed by atoms with Crippen molar-refractivity contribution in [1.82, 2.24) is 19.3 Å². The summed E-state index contributed by atoms with van der Waals surface area (Å²) in [5.41, 5.74) is 9.16. The zero-order chi connectivity index (χ0) is 21.7. The molecule has 0 radical (unpaired) electrons. The molecule has 158 valence electrons. The molecule has 0 spiro atoms. The number of imidazole rings is 1. The largest absolute Gasteiger partial charge is 0.491 e. The van der Waals surface area contributed by atoms with Crippen molar-refractivity contribution in [2.24, 2.45) is 0 Å². The second-order valence-electron chi connectivity index (χ2n) is 7.17. The van der Waals surface area contributed by atoms with Gasteiger partial charge in [-0.05, 0) is 30.3 Å². The van der Waals surface area contributed by atoms with Crippen molar-refractivity contribution in [2.45, 2.75) is 12.7 Å². The summed E-state index contributed by atoms with van der Waals surface area (Å²) in [6.45, 7) is -2.70. The first kappa shape index (κ1) is 19.0.